The molecule has 1 aromatic heterocycles. The van der Waals surface area contributed by atoms with Crippen LogP contribution < -0.4 is 5.32 Å². The van der Waals surface area contributed by atoms with E-state index in [1.807, 2.05) is 6.07 Å². The lowest BCUT2D eigenvalue weighted by atomic mass is 10.1. The Hall–Kier alpha value is -2.76. The molecular weight excluding hydrogens is 304 g/mol. The molecule has 1 heterocycles. The summed E-state index contributed by atoms with van der Waals surface area (Å²) in [5.41, 5.74) is 1.65. The quantitative estimate of drug-likeness (QED) is 0.790. The molecule has 0 atom stereocenters. The number of unbranched alkanes of at least 4 members (excludes halogenated alkanes) is 1. The Bertz CT molecular complexity index is 730. The second-order valence-corrected chi connectivity index (χ2v) is 5.61. The predicted molar refractivity (Wildman–Crippen MR) is 93.6 cm³/mol. The van der Waals surface area contributed by atoms with Gasteiger partial charge in [0.1, 0.15) is 5.69 Å². The van der Waals surface area contributed by atoms with Gasteiger partial charge in [-0.1, -0.05) is 25.5 Å². The van der Waals surface area contributed by atoms with Crippen LogP contribution in [0.15, 0.2) is 36.5 Å². The second-order valence-electron chi connectivity index (χ2n) is 5.61. The van der Waals surface area contributed by atoms with Crippen LogP contribution in [0, 0.1) is 0 Å². The number of hydrogen-bond acceptors (Lipinski definition) is 5. The first-order valence-corrected chi connectivity index (χ1v) is 7.97. The Morgan fingerprint density at radius 2 is 2.04 bits per heavy atom. The van der Waals surface area contributed by atoms with Crippen molar-refractivity contribution < 1.29 is 9.59 Å². The maximum absolute atomic E-state index is 12.4. The highest BCUT2D eigenvalue weighted by molar-refractivity contribution is 5.95. The fourth-order valence-electron chi connectivity index (χ4n) is 2.18. The third-order valence-corrected chi connectivity index (χ3v) is 3.59. The molecule has 0 aliphatic heterocycles. The van der Waals surface area contributed by atoms with E-state index < -0.39 is 0 Å². The van der Waals surface area contributed by atoms with Crippen LogP contribution in [0.3, 0.4) is 0 Å². The third kappa shape index (κ3) is 4.62. The summed E-state index contributed by atoms with van der Waals surface area (Å²) in [6.45, 7) is 4.30. The van der Waals surface area contributed by atoms with Crippen LogP contribution in [0.25, 0.3) is 0 Å². The molecule has 6 nitrogen and oxygen atoms in total. The predicted octanol–water partition coefficient (Wildman–Crippen LogP) is 3.29. The van der Waals surface area contributed by atoms with E-state index in [4.69, 9.17) is 0 Å². The summed E-state index contributed by atoms with van der Waals surface area (Å²) in [6.07, 6.45) is 3.53. The molecule has 1 N–H and O–H groups in total. The summed E-state index contributed by atoms with van der Waals surface area (Å²) in [6, 6.07) is 8.68. The summed E-state index contributed by atoms with van der Waals surface area (Å²) >= 11 is 0. The SMILES string of the molecule is CCCCN(C)C(=O)c1ccnc(Nc2cccc(C(C)=O)c2)n1. The lowest BCUT2D eigenvalue weighted by Gasteiger charge is -2.16. The van der Waals surface area contributed by atoms with Crippen LogP contribution in [0.1, 0.15) is 47.5 Å². The van der Waals surface area contributed by atoms with Crippen LogP contribution in [0.5, 0.6) is 0 Å². The number of rotatable bonds is 7. The van der Waals surface area contributed by atoms with Gasteiger partial charge >= 0.3 is 0 Å². The minimum absolute atomic E-state index is 0.0129. The fraction of sp³-hybridized carbons (Fsp3) is 0.333. The molecular formula is C18H22N4O2. The third-order valence-electron chi connectivity index (χ3n) is 3.59. The van der Waals surface area contributed by atoms with E-state index in [1.54, 1.807) is 42.4 Å². The molecule has 0 saturated carbocycles. The highest BCUT2D eigenvalue weighted by Crippen LogP contribution is 2.15. The van der Waals surface area contributed by atoms with Crippen LogP contribution >= 0.6 is 0 Å². The molecule has 0 aliphatic rings. The molecule has 1 amide bonds. The zero-order valence-electron chi connectivity index (χ0n) is 14.2. The van der Waals surface area contributed by atoms with Crippen LogP contribution in [0.2, 0.25) is 0 Å². The summed E-state index contributed by atoms with van der Waals surface area (Å²) in [5, 5.41) is 3.03. The Kier molecular flexibility index (Phi) is 6.01. The van der Waals surface area contributed by atoms with E-state index in [0.717, 1.165) is 12.8 Å². The smallest absolute Gasteiger partial charge is 0.272 e. The molecule has 0 radical (unpaired) electrons. The van der Waals surface area contributed by atoms with Crippen molar-refractivity contribution in [1.29, 1.82) is 0 Å². The number of nitrogens with zero attached hydrogens (tertiary/aromatic N) is 3. The number of nitrogens with one attached hydrogen (secondary N) is 1. The molecule has 2 rings (SSSR count). The fourth-order valence-corrected chi connectivity index (χ4v) is 2.18. The van der Waals surface area contributed by atoms with Gasteiger partial charge in [0.15, 0.2) is 5.78 Å². The number of aromatic nitrogens is 2. The van der Waals surface area contributed by atoms with Crippen molar-refractivity contribution in [2.75, 3.05) is 18.9 Å². The number of amides is 1. The first kappa shape index (κ1) is 17.6. The first-order valence-electron chi connectivity index (χ1n) is 7.97. The van der Waals surface area contributed by atoms with Crippen molar-refractivity contribution in [3.8, 4) is 0 Å². The number of anilines is 2. The summed E-state index contributed by atoms with van der Waals surface area (Å²) in [5.74, 6) is 0.179. The van der Waals surface area contributed by atoms with Gasteiger partial charge in [-0.3, -0.25) is 9.59 Å². The number of hydrogen-bond donors (Lipinski definition) is 1. The zero-order valence-corrected chi connectivity index (χ0v) is 14.2. The van der Waals surface area contributed by atoms with E-state index >= 15 is 0 Å². The van der Waals surface area contributed by atoms with Crippen LogP contribution in [-0.4, -0.2) is 40.2 Å². The van der Waals surface area contributed by atoms with Crippen molar-refractivity contribution in [2.24, 2.45) is 0 Å². The first-order chi connectivity index (χ1) is 11.5. The van der Waals surface area contributed by atoms with Gasteiger partial charge in [-0.2, -0.15) is 0 Å². The van der Waals surface area contributed by atoms with Crippen molar-refractivity contribution in [3.05, 3.63) is 47.8 Å². The molecule has 2 aromatic rings. The van der Waals surface area contributed by atoms with Crippen LogP contribution in [-0.2, 0) is 0 Å². The minimum atomic E-state index is -0.133. The lowest BCUT2D eigenvalue weighted by Crippen LogP contribution is -2.28. The van der Waals surface area contributed by atoms with E-state index in [9.17, 15) is 9.59 Å². The van der Waals surface area contributed by atoms with E-state index in [2.05, 4.69) is 22.2 Å². The molecule has 0 fully saturated rings. The maximum Gasteiger partial charge on any atom is 0.272 e. The summed E-state index contributed by atoms with van der Waals surface area (Å²) < 4.78 is 0. The van der Waals surface area contributed by atoms with Gasteiger partial charge in [-0.15, -0.1) is 0 Å². The van der Waals surface area contributed by atoms with Gasteiger partial charge in [0.25, 0.3) is 5.91 Å². The monoisotopic (exact) mass is 326 g/mol. The standard InChI is InChI=1S/C18H22N4O2/c1-4-5-11-22(3)17(24)16-9-10-19-18(21-16)20-15-8-6-7-14(12-15)13(2)23/h6-10,12H,4-5,11H2,1-3H3,(H,19,20,21). The normalized spacial score (nSPS) is 10.3. The van der Waals surface area contributed by atoms with E-state index in [1.165, 1.54) is 6.92 Å². The van der Waals surface area contributed by atoms with Gasteiger partial charge in [0, 0.05) is 31.0 Å². The van der Waals surface area contributed by atoms with E-state index in [0.29, 0.717) is 29.4 Å². The molecule has 0 bridgehead atoms. The maximum atomic E-state index is 12.4. The molecule has 0 unspecified atom stereocenters. The van der Waals surface area contributed by atoms with Crippen molar-refractivity contribution in [1.82, 2.24) is 14.9 Å². The Morgan fingerprint density at radius 1 is 1.25 bits per heavy atom. The molecule has 126 valence electrons. The van der Waals surface area contributed by atoms with Gasteiger partial charge in [0.2, 0.25) is 5.95 Å². The number of carbonyl (C=O) groups is 2. The largest absolute Gasteiger partial charge is 0.340 e. The molecule has 24 heavy (non-hydrogen) atoms. The van der Waals surface area contributed by atoms with Gasteiger partial charge in [-0.25, -0.2) is 9.97 Å². The summed E-state index contributed by atoms with van der Waals surface area (Å²) in [4.78, 5) is 33.9. The number of benzene rings is 1. The molecule has 1 aromatic carbocycles. The highest BCUT2D eigenvalue weighted by Gasteiger charge is 2.13. The zero-order chi connectivity index (χ0) is 17.5. The Balaban J connectivity index is 2.14. The molecule has 0 aliphatic carbocycles. The van der Waals surface area contributed by atoms with Crippen LogP contribution in [0.4, 0.5) is 11.6 Å². The van der Waals surface area contributed by atoms with E-state index in [-0.39, 0.29) is 11.7 Å². The topological polar surface area (TPSA) is 75.2 Å². The number of Topliss-reactive ketones (excluding diaryl/α,β-unsaturated/α-hetero) is 1. The molecule has 0 saturated heterocycles. The van der Waals surface area contributed by atoms with Crippen molar-refractivity contribution >= 4 is 23.3 Å². The average molecular weight is 326 g/mol. The molecule has 0 spiro atoms. The number of ketones is 1. The minimum Gasteiger partial charge on any atom is -0.340 e. The second kappa shape index (κ2) is 8.19. The van der Waals surface area contributed by atoms with Gasteiger partial charge in [-0.05, 0) is 31.5 Å². The van der Waals surface area contributed by atoms with Crippen molar-refractivity contribution in [2.45, 2.75) is 26.7 Å². The lowest BCUT2D eigenvalue weighted by molar-refractivity contribution is 0.0787. The highest BCUT2D eigenvalue weighted by atomic mass is 16.2. The average Bonchev–Trinajstić information content (AvgIpc) is 2.59. The van der Waals surface area contributed by atoms with Crippen molar-refractivity contribution in [3.63, 3.8) is 0 Å². The van der Waals surface area contributed by atoms with Gasteiger partial charge < -0.3 is 10.2 Å². The Labute approximate surface area is 141 Å². The summed E-state index contributed by atoms with van der Waals surface area (Å²) in [7, 11) is 1.77. The Morgan fingerprint density at radius 3 is 2.75 bits per heavy atom. The van der Waals surface area contributed by atoms with Gasteiger partial charge in [0.05, 0.1) is 0 Å². The molecule has 6 heteroatoms. The number of carbonyl (C=O) groups excluding carboxylic acids is 2.